The normalized spacial score (nSPS) is 13.7. The molecule has 0 amide bonds. The number of hydrogen-bond donors (Lipinski definition) is 2. The average Bonchev–Trinajstić information content (AvgIpc) is 3.61. The second kappa shape index (κ2) is 9.40. The van der Waals surface area contributed by atoms with Crippen molar-refractivity contribution in [1.82, 2.24) is 4.31 Å². The van der Waals surface area contributed by atoms with Crippen LogP contribution in [0.25, 0.3) is 11.1 Å². The summed E-state index contributed by atoms with van der Waals surface area (Å²) in [7, 11) is -3.90. The Balaban J connectivity index is 1.71. The molecule has 0 atom stereocenters. The second-order valence-electron chi connectivity index (χ2n) is 8.02. The molecule has 0 aliphatic heterocycles. The van der Waals surface area contributed by atoms with Crippen molar-refractivity contribution in [2.75, 3.05) is 12.3 Å². The molecule has 0 unspecified atom stereocenters. The summed E-state index contributed by atoms with van der Waals surface area (Å²) in [5, 5.41) is 8.98. The summed E-state index contributed by atoms with van der Waals surface area (Å²) in [6.45, 7) is -0.592. The fraction of sp³-hybridized carbons (Fsp3) is 0.208. The van der Waals surface area contributed by atoms with E-state index in [2.05, 4.69) is 0 Å². The number of benzene rings is 3. The van der Waals surface area contributed by atoms with E-state index in [9.17, 15) is 22.0 Å². The van der Waals surface area contributed by atoms with E-state index in [1.54, 1.807) is 12.1 Å². The molecule has 3 aromatic rings. The molecule has 3 aromatic carbocycles. The van der Waals surface area contributed by atoms with E-state index in [0.717, 1.165) is 18.2 Å². The van der Waals surface area contributed by atoms with Gasteiger partial charge < -0.3 is 15.6 Å². The number of anilines is 1. The predicted molar refractivity (Wildman–Crippen MR) is 122 cm³/mol. The zero-order valence-corrected chi connectivity index (χ0v) is 18.8. The summed E-state index contributed by atoms with van der Waals surface area (Å²) in [5.41, 5.74) is 7.27. The van der Waals surface area contributed by atoms with Gasteiger partial charge >= 0.3 is 5.97 Å². The molecule has 0 radical (unpaired) electrons. The molecule has 0 saturated heterocycles. The van der Waals surface area contributed by atoms with Gasteiger partial charge in [-0.15, -0.1) is 0 Å². The lowest BCUT2D eigenvalue weighted by Crippen LogP contribution is -2.32. The van der Waals surface area contributed by atoms with Crippen LogP contribution >= 0.6 is 0 Å². The Labute approximate surface area is 195 Å². The van der Waals surface area contributed by atoms with E-state index in [1.807, 2.05) is 0 Å². The standard InChI is InChI=1S/C24H22F2N2O5S/c25-17-2-6-21(7-3-17)34(31,32)28(20-4-5-20)13-15-1-8-23(33-14-24(29)30)22(9-15)16-10-18(26)12-19(27)11-16/h1-3,6-12,20H,4-5,13-14,27H2,(H,29,30). The Kier molecular flexibility index (Phi) is 6.54. The van der Waals surface area contributed by atoms with Gasteiger partial charge in [0.1, 0.15) is 17.4 Å². The number of carboxylic acid groups (broad SMARTS) is 1. The van der Waals surface area contributed by atoms with Gasteiger partial charge in [0.15, 0.2) is 6.61 Å². The molecular formula is C24H22F2N2O5S. The summed E-state index contributed by atoms with van der Waals surface area (Å²) in [5.74, 6) is -2.11. The summed E-state index contributed by atoms with van der Waals surface area (Å²) < 4.78 is 60.6. The largest absolute Gasteiger partial charge is 0.481 e. The third kappa shape index (κ3) is 5.35. The van der Waals surface area contributed by atoms with Gasteiger partial charge in [-0.2, -0.15) is 4.31 Å². The summed E-state index contributed by atoms with van der Waals surface area (Å²) in [6, 6.07) is 13.1. The van der Waals surface area contributed by atoms with Crippen LogP contribution in [0, 0.1) is 11.6 Å². The Bertz CT molecular complexity index is 1310. The van der Waals surface area contributed by atoms with Crippen LogP contribution in [0.5, 0.6) is 5.75 Å². The lowest BCUT2D eigenvalue weighted by molar-refractivity contribution is -0.139. The number of nitrogen functional groups attached to an aromatic ring is 1. The third-order valence-corrected chi connectivity index (χ3v) is 7.25. The Morgan fingerprint density at radius 3 is 2.35 bits per heavy atom. The highest BCUT2D eigenvalue weighted by atomic mass is 32.2. The minimum atomic E-state index is -3.90. The molecule has 34 heavy (non-hydrogen) atoms. The van der Waals surface area contributed by atoms with E-state index < -0.39 is 34.2 Å². The van der Waals surface area contributed by atoms with E-state index in [0.29, 0.717) is 29.5 Å². The lowest BCUT2D eigenvalue weighted by Gasteiger charge is -2.23. The number of hydrogen-bond acceptors (Lipinski definition) is 5. The van der Waals surface area contributed by atoms with Crippen LogP contribution in [-0.2, 0) is 21.4 Å². The first kappa shape index (κ1) is 23.7. The first-order valence-electron chi connectivity index (χ1n) is 10.4. The molecule has 4 rings (SSSR count). The first-order chi connectivity index (χ1) is 16.1. The average molecular weight is 489 g/mol. The Morgan fingerprint density at radius 1 is 1.03 bits per heavy atom. The van der Waals surface area contributed by atoms with Crippen LogP contribution in [-0.4, -0.2) is 36.4 Å². The molecule has 1 aliphatic rings. The molecule has 1 fully saturated rings. The van der Waals surface area contributed by atoms with Crippen molar-refractivity contribution in [2.24, 2.45) is 0 Å². The van der Waals surface area contributed by atoms with Crippen LogP contribution in [0.15, 0.2) is 65.6 Å². The van der Waals surface area contributed by atoms with Crippen LogP contribution < -0.4 is 10.5 Å². The van der Waals surface area contributed by atoms with Gasteiger partial charge in [-0.05, 0) is 78.6 Å². The highest BCUT2D eigenvalue weighted by molar-refractivity contribution is 7.89. The van der Waals surface area contributed by atoms with Crippen molar-refractivity contribution in [3.05, 3.63) is 77.9 Å². The van der Waals surface area contributed by atoms with E-state index in [4.69, 9.17) is 15.6 Å². The monoisotopic (exact) mass is 488 g/mol. The molecule has 10 heteroatoms. The van der Waals surface area contributed by atoms with Crippen LogP contribution in [0.1, 0.15) is 18.4 Å². The summed E-state index contributed by atoms with van der Waals surface area (Å²) >= 11 is 0. The highest BCUT2D eigenvalue weighted by Crippen LogP contribution is 2.37. The number of aliphatic carboxylic acids is 1. The number of halogens is 2. The highest BCUT2D eigenvalue weighted by Gasteiger charge is 2.38. The molecular weight excluding hydrogens is 466 g/mol. The number of nitrogens with two attached hydrogens (primary N) is 1. The minimum Gasteiger partial charge on any atom is -0.481 e. The molecule has 7 nitrogen and oxygen atoms in total. The van der Waals surface area contributed by atoms with Crippen molar-refractivity contribution >= 4 is 21.7 Å². The number of carbonyl (C=O) groups is 1. The van der Waals surface area contributed by atoms with Gasteiger partial charge in [-0.1, -0.05) is 6.07 Å². The predicted octanol–water partition coefficient (Wildman–Crippen LogP) is 4.03. The van der Waals surface area contributed by atoms with Gasteiger partial charge in [0.05, 0.1) is 4.90 Å². The molecule has 0 bridgehead atoms. The molecule has 0 aromatic heterocycles. The molecule has 1 saturated carbocycles. The van der Waals surface area contributed by atoms with Crippen LogP contribution in [0.4, 0.5) is 14.5 Å². The molecule has 0 spiro atoms. The van der Waals surface area contributed by atoms with Crippen LogP contribution in [0.2, 0.25) is 0 Å². The SMILES string of the molecule is Nc1cc(F)cc(-c2cc(CN(C3CC3)S(=O)(=O)c3ccc(F)cc3)ccc2OCC(=O)O)c1. The minimum absolute atomic E-state index is 0.0136. The zero-order chi connectivity index (χ0) is 24.5. The van der Waals surface area contributed by atoms with Crippen molar-refractivity contribution in [2.45, 2.75) is 30.3 Å². The Hall–Kier alpha value is -3.50. The third-order valence-electron chi connectivity index (χ3n) is 5.34. The van der Waals surface area contributed by atoms with E-state index in [1.165, 1.54) is 34.6 Å². The maximum absolute atomic E-state index is 14.0. The van der Waals surface area contributed by atoms with E-state index in [-0.39, 0.29) is 28.9 Å². The van der Waals surface area contributed by atoms with Gasteiger partial charge in [0, 0.05) is 23.8 Å². The molecule has 178 valence electrons. The van der Waals surface area contributed by atoms with Crippen molar-refractivity contribution in [3.63, 3.8) is 0 Å². The molecule has 1 aliphatic carbocycles. The van der Waals surface area contributed by atoms with Gasteiger partial charge in [-0.3, -0.25) is 0 Å². The first-order valence-corrected chi connectivity index (χ1v) is 11.9. The van der Waals surface area contributed by atoms with E-state index >= 15 is 0 Å². The number of sulfonamides is 1. The molecule has 0 heterocycles. The van der Waals surface area contributed by atoms with Gasteiger partial charge in [-0.25, -0.2) is 22.0 Å². The maximum atomic E-state index is 14.0. The number of carboxylic acids is 1. The van der Waals surface area contributed by atoms with Gasteiger partial charge in [0.2, 0.25) is 10.0 Å². The molecule has 3 N–H and O–H groups in total. The van der Waals surface area contributed by atoms with Crippen molar-refractivity contribution in [1.29, 1.82) is 0 Å². The fourth-order valence-electron chi connectivity index (χ4n) is 3.63. The van der Waals surface area contributed by atoms with Crippen molar-refractivity contribution < 1.29 is 31.8 Å². The quantitative estimate of drug-likeness (QED) is 0.440. The number of rotatable bonds is 9. The van der Waals surface area contributed by atoms with Crippen LogP contribution in [0.3, 0.4) is 0 Å². The number of ether oxygens (including phenoxy) is 1. The topological polar surface area (TPSA) is 110 Å². The Morgan fingerprint density at radius 2 is 1.74 bits per heavy atom. The lowest BCUT2D eigenvalue weighted by atomic mass is 10.0. The number of nitrogens with zero attached hydrogens (tertiary/aromatic N) is 1. The summed E-state index contributed by atoms with van der Waals surface area (Å²) in [6.07, 6.45) is 1.40. The fourth-order valence-corrected chi connectivity index (χ4v) is 5.30. The smallest absolute Gasteiger partial charge is 0.341 e. The zero-order valence-electron chi connectivity index (χ0n) is 17.9. The van der Waals surface area contributed by atoms with Gasteiger partial charge in [0.25, 0.3) is 0 Å². The second-order valence-corrected chi connectivity index (χ2v) is 9.91. The summed E-state index contributed by atoms with van der Waals surface area (Å²) in [4.78, 5) is 11.0. The maximum Gasteiger partial charge on any atom is 0.341 e. The van der Waals surface area contributed by atoms with Crippen molar-refractivity contribution in [3.8, 4) is 16.9 Å².